The van der Waals surface area contributed by atoms with Crippen LogP contribution in [0.3, 0.4) is 0 Å². The summed E-state index contributed by atoms with van der Waals surface area (Å²) in [4.78, 5) is 21.5. The Morgan fingerprint density at radius 2 is 2.13 bits per heavy atom. The summed E-state index contributed by atoms with van der Waals surface area (Å²) in [7, 11) is -3.27. The molecular formula is C8H13NO5S. The van der Waals surface area contributed by atoms with E-state index in [0.29, 0.717) is 0 Å². The average molecular weight is 235 g/mol. The minimum absolute atomic E-state index is 0.0689. The van der Waals surface area contributed by atoms with Gasteiger partial charge in [0.2, 0.25) is 5.91 Å². The largest absolute Gasteiger partial charge is 0.466 e. The fourth-order valence-corrected chi connectivity index (χ4v) is 2.59. The highest BCUT2D eigenvalue weighted by molar-refractivity contribution is 7.91. The predicted molar refractivity (Wildman–Crippen MR) is 51.5 cm³/mol. The smallest absolute Gasteiger partial charge is 0.302 e. The number of carbonyl (C=O) groups is 2. The van der Waals surface area contributed by atoms with Crippen molar-refractivity contribution < 1.29 is 22.7 Å². The lowest BCUT2D eigenvalue weighted by molar-refractivity contribution is -0.143. The number of hydrogen-bond donors (Lipinski definition) is 1. The summed E-state index contributed by atoms with van der Waals surface area (Å²) in [6, 6.07) is 0. The molecule has 15 heavy (non-hydrogen) atoms. The lowest BCUT2D eigenvalue weighted by Gasteiger charge is -2.34. The Hall–Kier alpha value is -1.11. The molecule has 1 rings (SSSR count). The third kappa shape index (κ3) is 2.92. The molecule has 7 heteroatoms. The standard InChI is InChI=1S/C8H13NO5S/c1-5(10)14-4-3-6-7(11)9-8(6)15(2,12)13/h6,8H,3-4H2,1-2H3,(H,9,11). The van der Waals surface area contributed by atoms with Crippen LogP contribution < -0.4 is 5.32 Å². The first-order valence-corrected chi connectivity index (χ1v) is 6.40. The van der Waals surface area contributed by atoms with E-state index < -0.39 is 27.1 Å². The first-order chi connectivity index (χ1) is 6.82. The first kappa shape index (κ1) is 12.0. The highest BCUT2D eigenvalue weighted by Gasteiger charge is 2.45. The van der Waals surface area contributed by atoms with E-state index in [1.54, 1.807) is 0 Å². The van der Waals surface area contributed by atoms with E-state index in [-0.39, 0.29) is 18.9 Å². The van der Waals surface area contributed by atoms with Crippen LogP contribution in [-0.4, -0.2) is 38.5 Å². The minimum atomic E-state index is -3.27. The Labute approximate surface area is 87.9 Å². The van der Waals surface area contributed by atoms with Crippen molar-refractivity contribution >= 4 is 21.7 Å². The van der Waals surface area contributed by atoms with Crippen LogP contribution in [0.2, 0.25) is 0 Å². The van der Waals surface area contributed by atoms with Crippen molar-refractivity contribution in [3.8, 4) is 0 Å². The molecule has 6 nitrogen and oxygen atoms in total. The highest BCUT2D eigenvalue weighted by Crippen LogP contribution is 2.22. The normalized spacial score (nSPS) is 25.3. The van der Waals surface area contributed by atoms with E-state index in [2.05, 4.69) is 10.1 Å². The van der Waals surface area contributed by atoms with Crippen LogP contribution in [0.1, 0.15) is 13.3 Å². The van der Waals surface area contributed by atoms with Gasteiger partial charge in [0.25, 0.3) is 0 Å². The van der Waals surface area contributed by atoms with Crippen LogP contribution >= 0.6 is 0 Å². The van der Waals surface area contributed by atoms with E-state index in [9.17, 15) is 18.0 Å². The Bertz CT molecular complexity index is 374. The van der Waals surface area contributed by atoms with Crippen LogP contribution in [0.4, 0.5) is 0 Å². The maximum absolute atomic E-state index is 11.1. The minimum Gasteiger partial charge on any atom is -0.466 e. The molecule has 0 spiro atoms. The summed E-state index contributed by atoms with van der Waals surface area (Å²) in [5.74, 6) is -1.34. The Morgan fingerprint density at radius 1 is 1.53 bits per heavy atom. The van der Waals surface area contributed by atoms with Crippen molar-refractivity contribution in [3.05, 3.63) is 0 Å². The highest BCUT2D eigenvalue weighted by atomic mass is 32.2. The van der Waals surface area contributed by atoms with Crippen molar-refractivity contribution in [2.45, 2.75) is 18.7 Å². The van der Waals surface area contributed by atoms with Gasteiger partial charge < -0.3 is 10.1 Å². The Balaban J connectivity index is 2.46. The molecule has 0 aliphatic carbocycles. The second kappa shape index (κ2) is 4.18. The van der Waals surface area contributed by atoms with Gasteiger partial charge >= 0.3 is 5.97 Å². The van der Waals surface area contributed by atoms with Gasteiger partial charge in [0.15, 0.2) is 9.84 Å². The fraction of sp³-hybridized carbons (Fsp3) is 0.750. The van der Waals surface area contributed by atoms with Crippen LogP contribution in [0, 0.1) is 5.92 Å². The second-order valence-electron chi connectivity index (χ2n) is 3.49. The maximum Gasteiger partial charge on any atom is 0.302 e. The van der Waals surface area contributed by atoms with E-state index in [1.165, 1.54) is 6.92 Å². The van der Waals surface area contributed by atoms with Gasteiger partial charge in [-0.25, -0.2) is 8.42 Å². The number of carbonyl (C=O) groups excluding carboxylic acids is 2. The summed E-state index contributed by atoms with van der Waals surface area (Å²) in [6.07, 6.45) is 1.30. The van der Waals surface area contributed by atoms with Gasteiger partial charge in [-0.2, -0.15) is 0 Å². The molecule has 2 unspecified atom stereocenters. The molecule has 1 amide bonds. The molecule has 2 atom stereocenters. The SMILES string of the molecule is CC(=O)OCCC1C(=O)NC1S(C)(=O)=O. The van der Waals surface area contributed by atoms with E-state index >= 15 is 0 Å². The fourth-order valence-electron chi connectivity index (χ4n) is 1.41. The van der Waals surface area contributed by atoms with Gasteiger partial charge in [0, 0.05) is 13.2 Å². The van der Waals surface area contributed by atoms with Crippen molar-refractivity contribution in [2.24, 2.45) is 5.92 Å². The lowest BCUT2D eigenvalue weighted by atomic mass is 9.98. The lowest BCUT2D eigenvalue weighted by Crippen LogP contribution is -2.61. The summed E-state index contributed by atoms with van der Waals surface area (Å²) in [5, 5.41) is 1.47. The molecule has 1 fully saturated rings. The quantitative estimate of drug-likeness (QED) is 0.501. The molecule has 0 aromatic rings. The van der Waals surface area contributed by atoms with Gasteiger partial charge in [-0.3, -0.25) is 9.59 Å². The number of hydrogen-bond acceptors (Lipinski definition) is 5. The zero-order valence-electron chi connectivity index (χ0n) is 8.52. The van der Waals surface area contributed by atoms with Crippen molar-refractivity contribution in [1.29, 1.82) is 0 Å². The first-order valence-electron chi connectivity index (χ1n) is 4.45. The van der Waals surface area contributed by atoms with Crippen LogP contribution in [-0.2, 0) is 24.2 Å². The monoisotopic (exact) mass is 235 g/mol. The van der Waals surface area contributed by atoms with Crippen LogP contribution in [0.5, 0.6) is 0 Å². The van der Waals surface area contributed by atoms with E-state index in [0.717, 1.165) is 6.26 Å². The number of esters is 1. The average Bonchev–Trinajstić information content (AvgIpc) is 2.06. The summed E-state index contributed by atoms with van der Waals surface area (Å²) >= 11 is 0. The van der Waals surface area contributed by atoms with Crippen molar-refractivity contribution in [1.82, 2.24) is 5.32 Å². The maximum atomic E-state index is 11.1. The zero-order chi connectivity index (χ0) is 11.6. The van der Waals surface area contributed by atoms with Crippen molar-refractivity contribution in [3.63, 3.8) is 0 Å². The Kier molecular flexibility index (Phi) is 3.33. The molecule has 0 saturated carbocycles. The van der Waals surface area contributed by atoms with E-state index in [4.69, 9.17) is 0 Å². The van der Waals surface area contributed by atoms with Gasteiger partial charge in [0.1, 0.15) is 5.37 Å². The van der Waals surface area contributed by atoms with Crippen LogP contribution in [0.15, 0.2) is 0 Å². The van der Waals surface area contributed by atoms with Gasteiger partial charge in [-0.1, -0.05) is 0 Å². The van der Waals surface area contributed by atoms with Crippen LogP contribution in [0.25, 0.3) is 0 Å². The summed E-state index contributed by atoms with van der Waals surface area (Å²) in [5.41, 5.74) is 0. The van der Waals surface area contributed by atoms with Gasteiger partial charge in [-0.05, 0) is 6.42 Å². The molecule has 0 radical (unpaired) electrons. The third-order valence-corrected chi connectivity index (χ3v) is 3.55. The molecule has 1 aliphatic rings. The molecule has 0 aromatic carbocycles. The number of rotatable bonds is 4. The molecule has 0 bridgehead atoms. The molecule has 1 saturated heterocycles. The van der Waals surface area contributed by atoms with Gasteiger partial charge in [0.05, 0.1) is 12.5 Å². The molecule has 86 valence electrons. The number of β-lactam (4-membered cyclic amide) rings is 1. The summed E-state index contributed by atoms with van der Waals surface area (Å²) in [6.45, 7) is 1.33. The third-order valence-electron chi connectivity index (χ3n) is 2.18. The predicted octanol–water partition coefficient (Wildman–Crippen LogP) is -0.944. The number of amides is 1. The molecular weight excluding hydrogens is 222 g/mol. The topological polar surface area (TPSA) is 89.5 Å². The van der Waals surface area contributed by atoms with Crippen molar-refractivity contribution in [2.75, 3.05) is 12.9 Å². The van der Waals surface area contributed by atoms with E-state index in [1.807, 2.05) is 0 Å². The second-order valence-corrected chi connectivity index (χ2v) is 5.66. The number of nitrogens with one attached hydrogen (secondary N) is 1. The number of sulfone groups is 1. The summed E-state index contributed by atoms with van der Waals surface area (Å²) < 4.78 is 26.9. The molecule has 1 N–H and O–H groups in total. The zero-order valence-corrected chi connectivity index (χ0v) is 9.33. The molecule has 1 aliphatic heterocycles. The molecule has 1 heterocycles. The number of ether oxygens (including phenoxy) is 1. The Morgan fingerprint density at radius 3 is 2.53 bits per heavy atom. The van der Waals surface area contributed by atoms with Gasteiger partial charge in [-0.15, -0.1) is 0 Å². The molecule has 0 aromatic heterocycles.